The van der Waals surface area contributed by atoms with E-state index < -0.39 is 24.4 Å². The van der Waals surface area contributed by atoms with Gasteiger partial charge in [0.2, 0.25) is 0 Å². The third-order valence-electron chi connectivity index (χ3n) is 2.98. The minimum Gasteiger partial charge on any atom is -0.443 e. The Morgan fingerprint density at radius 1 is 1.47 bits per heavy atom. The van der Waals surface area contributed by atoms with Crippen LogP contribution in [0.15, 0.2) is 42.5 Å². The van der Waals surface area contributed by atoms with Crippen molar-refractivity contribution in [1.29, 1.82) is 0 Å². The van der Waals surface area contributed by atoms with Crippen LogP contribution in [0.3, 0.4) is 0 Å². The van der Waals surface area contributed by atoms with Crippen LogP contribution in [0.4, 0.5) is 4.79 Å². The molecule has 0 spiro atoms. The Bertz CT molecular complexity index is 446. The number of hydrogen-bond acceptors (Lipinski definition) is 4. The molecule has 1 aromatic rings. The number of rotatable bonds is 5. The largest absolute Gasteiger partial charge is 0.443 e. The van der Waals surface area contributed by atoms with Crippen molar-refractivity contribution in [3.05, 3.63) is 48.0 Å². The van der Waals surface area contributed by atoms with Crippen molar-refractivity contribution in [2.24, 2.45) is 5.73 Å². The van der Waals surface area contributed by atoms with Crippen LogP contribution in [0.25, 0.3) is 0 Å². The summed E-state index contributed by atoms with van der Waals surface area (Å²) in [6, 6.07) is 9.46. The lowest BCUT2D eigenvalue weighted by Gasteiger charge is -2.25. The van der Waals surface area contributed by atoms with Crippen LogP contribution in [0, 0.1) is 0 Å². The van der Waals surface area contributed by atoms with Crippen LogP contribution in [0.5, 0.6) is 0 Å². The minimum absolute atomic E-state index is 0.388. The summed E-state index contributed by atoms with van der Waals surface area (Å²) in [5, 5.41) is 10.2. The maximum Gasteiger partial charge on any atom is 0.404 e. The van der Waals surface area contributed by atoms with Crippen LogP contribution >= 0.6 is 0 Å². The molecule has 1 aliphatic heterocycles. The SMILES string of the molecule is NC(=O)OC(Cc1ccccc1)[C@@H](O)[C@@H]1C=CCO1. The van der Waals surface area contributed by atoms with Crippen molar-refractivity contribution < 1.29 is 19.4 Å². The molecule has 3 N–H and O–H groups in total. The minimum atomic E-state index is -0.938. The third kappa shape index (κ3) is 3.81. The summed E-state index contributed by atoms with van der Waals surface area (Å²) in [7, 11) is 0. The van der Waals surface area contributed by atoms with Gasteiger partial charge in [-0.3, -0.25) is 0 Å². The Morgan fingerprint density at radius 3 is 2.79 bits per heavy atom. The first kappa shape index (κ1) is 13.6. The molecule has 1 unspecified atom stereocenters. The lowest BCUT2D eigenvalue weighted by Crippen LogP contribution is -2.42. The summed E-state index contributed by atoms with van der Waals surface area (Å²) in [5.74, 6) is 0. The van der Waals surface area contributed by atoms with Gasteiger partial charge >= 0.3 is 6.09 Å². The molecule has 0 saturated carbocycles. The molecule has 102 valence electrons. The van der Waals surface area contributed by atoms with E-state index >= 15 is 0 Å². The second-order valence-corrected chi connectivity index (χ2v) is 4.38. The van der Waals surface area contributed by atoms with Crippen molar-refractivity contribution in [2.45, 2.75) is 24.7 Å². The maximum absolute atomic E-state index is 10.9. The molecule has 0 fully saturated rings. The van der Waals surface area contributed by atoms with E-state index in [4.69, 9.17) is 15.2 Å². The molecule has 0 aromatic heterocycles. The quantitative estimate of drug-likeness (QED) is 0.777. The smallest absolute Gasteiger partial charge is 0.404 e. The molecule has 2 rings (SSSR count). The van der Waals surface area contributed by atoms with Crippen LogP contribution in [0.2, 0.25) is 0 Å². The molecule has 0 radical (unpaired) electrons. The van der Waals surface area contributed by atoms with Crippen LogP contribution in [0.1, 0.15) is 5.56 Å². The zero-order valence-corrected chi connectivity index (χ0v) is 10.4. The highest BCUT2D eigenvalue weighted by atomic mass is 16.6. The Labute approximate surface area is 111 Å². The summed E-state index contributed by atoms with van der Waals surface area (Å²) in [5.41, 5.74) is 6.01. The molecule has 0 saturated heterocycles. The molecule has 1 aromatic carbocycles. The van der Waals surface area contributed by atoms with Crippen LogP contribution < -0.4 is 5.73 Å². The molecule has 3 atom stereocenters. The van der Waals surface area contributed by atoms with Gasteiger partial charge in [-0.1, -0.05) is 42.5 Å². The lowest BCUT2D eigenvalue weighted by molar-refractivity contribution is -0.0598. The number of aliphatic hydroxyl groups is 1. The summed E-state index contributed by atoms with van der Waals surface area (Å²) >= 11 is 0. The molecular weight excluding hydrogens is 246 g/mol. The van der Waals surface area contributed by atoms with Gasteiger partial charge in [0, 0.05) is 6.42 Å². The van der Waals surface area contributed by atoms with Crippen LogP contribution in [-0.2, 0) is 15.9 Å². The van der Waals surface area contributed by atoms with Crippen molar-refractivity contribution in [3.8, 4) is 0 Å². The van der Waals surface area contributed by atoms with Crippen molar-refractivity contribution in [1.82, 2.24) is 0 Å². The molecule has 5 heteroatoms. The first-order valence-corrected chi connectivity index (χ1v) is 6.13. The number of aliphatic hydroxyl groups excluding tert-OH is 1. The maximum atomic E-state index is 10.9. The molecule has 1 heterocycles. The number of carbonyl (C=O) groups is 1. The fraction of sp³-hybridized carbons (Fsp3) is 0.357. The highest BCUT2D eigenvalue weighted by Gasteiger charge is 2.31. The second-order valence-electron chi connectivity index (χ2n) is 4.38. The van der Waals surface area contributed by atoms with E-state index in [0.29, 0.717) is 13.0 Å². The van der Waals surface area contributed by atoms with Gasteiger partial charge in [0.05, 0.1) is 6.61 Å². The second kappa shape index (κ2) is 6.36. The molecule has 0 bridgehead atoms. The number of amides is 1. The van der Waals surface area contributed by atoms with Crippen LogP contribution in [-0.4, -0.2) is 36.1 Å². The topological polar surface area (TPSA) is 81.8 Å². The number of primary amides is 1. The number of ether oxygens (including phenoxy) is 2. The first-order chi connectivity index (χ1) is 9.16. The monoisotopic (exact) mass is 263 g/mol. The zero-order chi connectivity index (χ0) is 13.7. The highest BCUT2D eigenvalue weighted by molar-refractivity contribution is 5.64. The Morgan fingerprint density at radius 2 is 2.21 bits per heavy atom. The Balaban J connectivity index is 2.06. The van der Waals surface area contributed by atoms with E-state index in [1.807, 2.05) is 36.4 Å². The number of hydrogen-bond donors (Lipinski definition) is 2. The Hall–Kier alpha value is -1.85. The van der Waals surface area contributed by atoms with Crippen molar-refractivity contribution in [3.63, 3.8) is 0 Å². The fourth-order valence-electron chi connectivity index (χ4n) is 2.06. The summed E-state index contributed by atoms with van der Waals surface area (Å²) in [6.07, 6.45) is 0.928. The molecule has 5 nitrogen and oxygen atoms in total. The molecule has 0 aliphatic carbocycles. The first-order valence-electron chi connectivity index (χ1n) is 6.13. The van der Waals surface area contributed by atoms with E-state index in [2.05, 4.69) is 0 Å². The van der Waals surface area contributed by atoms with Gasteiger partial charge < -0.3 is 20.3 Å². The molecule has 19 heavy (non-hydrogen) atoms. The van der Waals surface area contributed by atoms with Gasteiger partial charge in [0.25, 0.3) is 0 Å². The normalized spacial score (nSPS) is 21.0. The van der Waals surface area contributed by atoms with E-state index in [1.54, 1.807) is 6.08 Å². The average molecular weight is 263 g/mol. The van der Waals surface area contributed by atoms with Crippen molar-refractivity contribution in [2.75, 3.05) is 6.61 Å². The van der Waals surface area contributed by atoms with Gasteiger partial charge in [0.1, 0.15) is 18.3 Å². The van der Waals surface area contributed by atoms with Crippen molar-refractivity contribution >= 4 is 6.09 Å². The summed E-state index contributed by atoms with van der Waals surface area (Å²) < 4.78 is 10.3. The van der Waals surface area contributed by atoms with E-state index in [1.165, 1.54) is 0 Å². The van der Waals surface area contributed by atoms with E-state index in [0.717, 1.165) is 5.56 Å². The summed E-state index contributed by atoms with van der Waals surface area (Å²) in [6.45, 7) is 0.455. The Kier molecular flexibility index (Phi) is 4.54. The molecule has 1 aliphatic rings. The van der Waals surface area contributed by atoms with Gasteiger partial charge in [0.15, 0.2) is 0 Å². The van der Waals surface area contributed by atoms with Gasteiger partial charge in [-0.05, 0) is 5.56 Å². The number of nitrogens with two attached hydrogens (primary N) is 1. The third-order valence-corrected chi connectivity index (χ3v) is 2.98. The predicted octanol–water partition coefficient (Wildman–Crippen LogP) is 1.01. The zero-order valence-electron chi connectivity index (χ0n) is 10.4. The molecule has 1 amide bonds. The fourth-order valence-corrected chi connectivity index (χ4v) is 2.06. The average Bonchev–Trinajstić information content (AvgIpc) is 2.91. The summed E-state index contributed by atoms with van der Waals surface area (Å²) in [4.78, 5) is 10.9. The van der Waals surface area contributed by atoms with Gasteiger partial charge in [-0.15, -0.1) is 0 Å². The molecular formula is C14H17NO4. The number of benzene rings is 1. The highest BCUT2D eigenvalue weighted by Crippen LogP contribution is 2.17. The van der Waals surface area contributed by atoms with Gasteiger partial charge in [-0.2, -0.15) is 0 Å². The standard InChI is InChI=1S/C14H17NO4/c15-14(17)19-12(9-10-5-2-1-3-6-10)13(16)11-7-4-8-18-11/h1-7,11-13,16H,8-9H2,(H2,15,17)/t11-,12?,13-/m0/s1. The lowest BCUT2D eigenvalue weighted by atomic mass is 10.0. The predicted molar refractivity (Wildman–Crippen MR) is 69.5 cm³/mol. The van der Waals surface area contributed by atoms with E-state index in [9.17, 15) is 9.90 Å². The number of carbonyl (C=O) groups excluding carboxylic acids is 1. The van der Waals surface area contributed by atoms with Gasteiger partial charge in [-0.25, -0.2) is 4.79 Å². The van der Waals surface area contributed by atoms with E-state index in [-0.39, 0.29) is 0 Å².